The highest BCUT2D eigenvalue weighted by molar-refractivity contribution is 8.03. The van der Waals surface area contributed by atoms with Crippen molar-refractivity contribution in [2.45, 2.75) is 19.8 Å². The molecule has 1 aliphatic rings. The highest BCUT2D eigenvalue weighted by atomic mass is 35.5. The average Bonchev–Trinajstić information content (AvgIpc) is 3.43. The number of benzene rings is 2. The summed E-state index contributed by atoms with van der Waals surface area (Å²) in [5.74, 6) is -0.631. The van der Waals surface area contributed by atoms with Gasteiger partial charge in [-0.15, -0.1) is 11.3 Å². The second kappa shape index (κ2) is 12.2. The van der Waals surface area contributed by atoms with Gasteiger partial charge in [-0.05, 0) is 55.1 Å². The van der Waals surface area contributed by atoms with Gasteiger partial charge < -0.3 is 20.7 Å². The molecular formula is C28H25ClN4O3S2. The number of amides is 2. The third-order valence-electron chi connectivity index (χ3n) is 5.90. The lowest BCUT2D eigenvalue weighted by Crippen LogP contribution is -2.31. The van der Waals surface area contributed by atoms with Gasteiger partial charge in [0.15, 0.2) is 0 Å². The summed E-state index contributed by atoms with van der Waals surface area (Å²) in [5.41, 5.74) is 3.56. The number of para-hydroxylation sites is 1. The van der Waals surface area contributed by atoms with Crippen molar-refractivity contribution in [3.05, 3.63) is 97.3 Å². The zero-order valence-electron chi connectivity index (χ0n) is 20.9. The molecule has 38 heavy (non-hydrogen) atoms. The Kier molecular flexibility index (Phi) is 8.79. The molecule has 1 atom stereocenters. The normalized spacial score (nSPS) is 15.0. The molecule has 2 amide bonds. The fourth-order valence-electron chi connectivity index (χ4n) is 4.07. The smallest absolute Gasteiger partial charge is 0.254 e. The van der Waals surface area contributed by atoms with E-state index in [9.17, 15) is 14.9 Å². The summed E-state index contributed by atoms with van der Waals surface area (Å²) in [6, 6.07) is 18.6. The number of dihydropyridines is 1. The number of carbonyl (C=O) groups excluding carboxylic acids is 2. The first-order chi connectivity index (χ1) is 18.3. The van der Waals surface area contributed by atoms with Crippen LogP contribution in [0.3, 0.4) is 0 Å². The van der Waals surface area contributed by atoms with Crippen LogP contribution in [0.15, 0.2) is 81.8 Å². The number of thioether (sulfide) groups is 1. The van der Waals surface area contributed by atoms with Gasteiger partial charge in [0.1, 0.15) is 5.75 Å². The molecule has 0 saturated carbocycles. The molecule has 0 spiro atoms. The van der Waals surface area contributed by atoms with Crippen molar-refractivity contribution in [2.24, 2.45) is 0 Å². The van der Waals surface area contributed by atoms with E-state index in [1.165, 1.54) is 30.2 Å². The first-order valence-electron chi connectivity index (χ1n) is 11.6. The third-order valence-corrected chi connectivity index (χ3v) is 8.09. The molecule has 2 heterocycles. The number of rotatable bonds is 8. The zero-order valence-corrected chi connectivity index (χ0v) is 23.3. The Hall–Kier alpha value is -3.71. The molecule has 10 heteroatoms. The number of allylic oxidation sites excluding steroid dienone is 2. The highest BCUT2D eigenvalue weighted by Gasteiger charge is 2.35. The summed E-state index contributed by atoms with van der Waals surface area (Å²) < 4.78 is 5.30. The molecule has 0 radical (unpaired) electrons. The van der Waals surface area contributed by atoms with E-state index in [1.54, 1.807) is 25.1 Å². The molecule has 3 N–H and O–H groups in total. The minimum atomic E-state index is -0.566. The lowest BCUT2D eigenvalue weighted by molar-refractivity contribution is -0.114. The molecule has 1 aliphatic heterocycles. The topological polar surface area (TPSA) is 103 Å². The van der Waals surface area contributed by atoms with Crippen LogP contribution in [0, 0.1) is 18.3 Å². The highest BCUT2D eigenvalue weighted by Crippen LogP contribution is 2.42. The maximum absolute atomic E-state index is 13.5. The fourth-order valence-corrected chi connectivity index (χ4v) is 5.98. The van der Waals surface area contributed by atoms with E-state index in [0.717, 1.165) is 10.4 Å². The number of hydrogen-bond acceptors (Lipinski definition) is 7. The van der Waals surface area contributed by atoms with E-state index in [4.69, 9.17) is 16.3 Å². The number of ether oxygens (including phenoxy) is 1. The van der Waals surface area contributed by atoms with Gasteiger partial charge in [0.25, 0.3) is 5.91 Å². The summed E-state index contributed by atoms with van der Waals surface area (Å²) >= 11 is 8.74. The Morgan fingerprint density at radius 2 is 1.92 bits per heavy atom. The molecule has 4 rings (SSSR count). The average molecular weight is 565 g/mol. The number of anilines is 2. The van der Waals surface area contributed by atoms with Crippen LogP contribution >= 0.6 is 34.7 Å². The molecule has 7 nitrogen and oxygen atoms in total. The van der Waals surface area contributed by atoms with Gasteiger partial charge in [-0.3, -0.25) is 9.59 Å². The van der Waals surface area contributed by atoms with E-state index in [-0.39, 0.29) is 17.6 Å². The molecule has 0 fully saturated rings. The van der Waals surface area contributed by atoms with Crippen molar-refractivity contribution in [1.29, 1.82) is 5.26 Å². The van der Waals surface area contributed by atoms with Gasteiger partial charge in [0, 0.05) is 26.9 Å². The van der Waals surface area contributed by atoms with E-state index in [2.05, 4.69) is 22.0 Å². The predicted molar refractivity (Wildman–Crippen MR) is 154 cm³/mol. The van der Waals surface area contributed by atoms with Gasteiger partial charge in [0.2, 0.25) is 5.91 Å². The number of nitrogens with zero attached hydrogens (tertiary/aromatic N) is 1. The van der Waals surface area contributed by atoms with Gasteiger partial charge in [0.05, 0.1) is 41.1 Å². The van der Waals surface area contributed by atoms with E-state index >= 15 is 0 Å². The minimum absolute atomic E-state index is 0.0262. The first kappa shape index (κ1) is 27.3. The summed E-state index contributed by atoms with van der Waals surface area (Å²) in [5, 5.41) is 22.1. The number of methoxy groups -OCH3 is 1. The van der Waals surface area contributed by atoms with Crippen LogP contribution in [0.2, 0.25) is 5.02 Å². The molecule has 2 aromatic carbocycles. The van der Waals surface area contributed by atoms with Crippen LogP contribution in [0.5, 0.6) is 5.75 Å². The van der Waals surface area contributed by atoms with Crippen molar-refractivity contribution in [2.75, 3.05) is 23.5 Å². The standard InChI is InChI=1S/C28H25ClN4O3S2/c1-16-7-4-5-8-20(16)33-27(35)25-17(2)31-28(19(14-30)26(25)23-9-6-12-37-23)38-15-24(34)32-21-13-18(29)10-11-22(21)36-3/h4-13,26,31H,15H2,1-3H3,(H,32,34)(H,33,35)/t26-/m1/s1. The first-order valence-corrected chi connectivity index (χ1v) is 13.8. The number of carbonyl (C=O) groups is 2. The van der Waals surface area contributed by atoms with Crippen molar-refractivity contribution in [3.8, 4) is 11.8 Å². The summed E-state index contributed by atoms with van der Waals surface area (Å²) in [7, 11) is 1.51. The number of nitrogens with one attached hydrogen (secondary N) is 3. The second-order valence-corrected chi connectivity index (χ2v) is 10.8. The van der Waals surface area contributed by atoms with Gasteiger partial charge in [-0.1, -0.05) is 47.6 Å². The maximum atomic E-state index is 13.5. The molecule has 3 aromatic rings. The molecular weight excluding hydrogens is 540 g/mol. The molecule has 0 bridgehead atoms. The Morgan fingerprint density at radius 3 is 2.61 bits per heavy atom. The van der Waals surface area contributed by atoms with Crippen molar-refractivity contribution < 1.29 is 14.3 Å². The van der Waals surface area contributed by atoms with Crippen molar-refractivity contribution >= 4 is 57.9 Å². The number of nitriles is 1. The van der Waals surface area contributed by atoms with Crippen molar-refractivity contribution in [3.63, 3.8) is 0 Å². The van der Waals surface area contributed by atoms with Crippen LogP contribution < -0.4 is 20.7 Å². The van der Waals surface area contributed by atoms with Crippen LogP contribution in [0.4, 0.5) is 11.4 Å². The SMILES string of the molecule is COc1ccc(Cl)cc1NC(=O)CSC1=C(C#N)[C@H](c2cccs2)C(C(=O)Nc2ccccc2C)=C(C)N1. The Morgan fingerprint density at radius 1 is 1.13 bits per heavy atom. The molecule has 194 valence electrons. The number of hydrogen-bond donors (Lipinski definition) is 3. The van der Waals surface area contributed by atoms with Crippen LogP contribution in [-0.2, 0) is 9.59 Å². The van der Waals surface area contributed by atoms with E-state index in [0.29, 0.717) is 44.0 Å². The molecule has 0 aliphatic carbocycles. The van der Waals surface area contributed by atoms with E-state index in [1.807, 2.05) is 48.7 Å². The lowest BCUT2D eigenvalue weighted by Gasteiger charge is -2.29. The quantitative estimate of drug-likeness (QED) is 0.291. The molecule has 0 saturated heterocycles. The zero-order chi connectivity index (χ0) is 27.2. The Bertz CT molecular complexity index is 1480. The largest absolute Gasteiger partial charge is 0.495 e. The second-order valence-electron chi connectivity index (χ2n) is 8.42. The van der Waals surface area contributed by atoms with Crippen LogP contribution in [0.1, 0.15) is 23.3 Å². The minimum Gasteiger partial charge on any atom is -0.495 e. The summed E-state index contributed by atoms with van der Waals surface area (Å²) in [6.45, 7) is 3.73. The number of halogens is 1. The van der Waals surface area contributed by atoms with Gasteiger partial charge in [-0.25, -0.2) is 0 Å². The predicted octanol–water partition coefficient (Wildman–Crippen LogP) is 6.43. The Labute approximate surface area is 234 Å². The third kappa shape index (κ3) is 6.05. The van der Waals surface area contributed by atoms with Crippen molar-refractivity contribution in [1.82, 2.24) is 5.32 Å². The maximum Gasteiger partial charge on any atom is 0.254 e. The van der Waals surface area contributed by atoms with Gasteiger partial charge in [-0.2, -0.15) is 5.26 Å². The number of thiophene rings is 1. The molecule has 1 aromatic heterocycles. The monoisotopic (exact) mass is 564 g/mol. The Balaban J connectivity index is 1.59. The van der Waals surface area contributed by atoms with E-state index < -0.39 is 5.92 Å². The summed E-state index contributed by atoms with van der Waals surface area (Å²) in [6.07, 6.45) is 0. The molecule has 0 unspecified atom stereocenters. The van der Waals surface area contributed by atoms with Crippen LogP contribution in [0.25, 0.3) is 0 Å². The lowest BCUT2D eigenvalue weighted by atomic mass is 9.86. The number of aryl methyl sites for hydroxylation is 1. The fraction of sp³-hybridized carbons (Fsp3) is 0.179. The van der Waals surface area contributed by atoms with Gasteiger partial charge >= 0.3 is 0 Å². The summed E-state index contributed by atoms with van der Waals surface area (Å²) in [4.78, 5) is 27.2. The van der Waals surface area contributed by atoms with Crippen LogP contribution in [-0.4, -0.2) is 24.7 Å².